The molecule has 4 nitrogen and oxygen atoms in total. The van der Waals surface area contributed by atoms with Gasteiger partial charge in [0.05, 0.1) is 6.04 Å². The summed E-state index contributed by atoms with van der Waals surface area (Å²) < 4.78 is 1.95. The maximum absolute atomic E-state index is 12.8. The summed E-state index contributed by atoms with van der Waals surface area (Å²) in [4.78, 5) is 14.8. The summed E-state index contributed by atoms with van der Waals surface area (Å²) >= 11 is 0. The van der Waals surface area contributed by atoms with Gasteiger partial charge in [0, 0.05) is 31.9 Å². The average molecular weight is 331 g/mol. The fraction of sp³-hybridized carbons (Fsp3) is 0.238. The van der Waals surface area contributed by atoms with E-state index in [2.05, 4.69) is 35.4 Å². The molecule has 0 saturated carbocycles. The molecule has 1 aliphatic heterocycles. The topological polar surface area (TPSA) is 38.1 Å². The van der Waals surface area contributed by atoms with E-state index in [0.29, 0.717) is 19.5 Å². The lowest BCUT2D eigenvalue weighted by Gasteiger charge is -2.35. The molecule has 4 rings (SSSR count). The van der Waals surface area contributed by atoms with E-state index in [4.69, 9.17) is 0 Å². The maximum atomic E-state index is 12.8. The molecule has 0 saturated heterocycles. The molecule has 1 aliphatic rings. The van der Waals surface area contributed by atoms with Crippen LogP contribution in [0, 0.1) is 0 Å². The predicted molar refractivity (Wildman–Crippen MR) is 97.0 cm³/mol. The number of nitrogens with zero attached hydrogens (tertiary/aromatic N) is 3. The summed E-state index contributed by atoms with van der Waals surface area (Å²) in [6.45, 7) is 1.36. The lowest BCUT2D eigenvalue weighted by molar-refractivity contribution is -0.132. The molecule has 3 aromatic rings. The second kappa shape index (κ2) is 6.93. The van der Waals surface area contributed by atoms with E-state index >= 15 is 0 Å². The molecular weight excluding hydrogens is 310 g/mol. The minimum Gasteiger partial charge on any atom is -0.336 e. The monoisotopic (exact) mass is 331 g/mol. The molecule has 0 bridgehead atoms. The number of hydrogen-bond donors (Lipinski definition) is 0. The molecule has 1 amide bonds. The average Bonchev–Trinajstić information content (AvgIpc) is 3.20. The number of amides is 1. The second-order valence-electron chi connectivity index (χ2n) is 6.46. The van der Waals surface area contributed by atoms with Gasteiger partial charge in [-0.15, -0.1) is 0 Å². The fourth-order valence-electron chi connectivity index (χ4n) is 3.52. The smallest absolute Gasteiger partial charge is 0.223 e. The molecule has 0 spiro atoms. The van der Waals surface area contributed by atoms with Crippen LogP contribution in [0.25, 0.3) is 0 Å². The normalized spacial score (nSPS) is 16.5. The van der Waals surface area contributed by atoms with Crippen molar-refractivity contribution >= 4 is 5.91 Å². The van der Waals surface area contributed by atoms with Crippen LogP contribution in [-0.4, -0.2) is 27.1 Å². The van der Waals surface area contributed by atoms with Crippen molar-refractivity contribution in [3.63, 3.8) is 0 Å². The molecule has 0 unspecified atom stereocenters. The van der Waals surface area contributed by atoms with Crippen molar-refractivity contribution in [3.05, 3.63) is 89.7 Å². The zero-order valence-electron chi connectivity index (χ0n) is 14.1. The molecule has 0 N–H and O–H groups in total. The fourth-order valence-corrected chi connectivity index (χ4v) is 3.52. The molecule has 4 heteroatoms. The maximum Gasteiger partial charge on any atom is 0.223 e. The van der Waals surface area contributed by atoms with Crippen molar-refractivity contribution in [1.29, 1.82) is 0 Å². The molecular formula is C21H21N3O. The number of aryl methyl sites for hydroxylation is 1. The van der Waals surface area contributed by atoms with Crippen LogP contribution in [0.2, 0.25) is 0 Å². The Labute approximate surface area is 147 Å². The van der Waals surface area contributed by atoms with Crippen LogP contribution in [-0.2, 0) is 17.8 Å². The van der Waals surface area contributed by atoms with Gasteiger partial charge in [0.2, 0.25) is 5.91 Å². The third-order valence-corrected chi connectivity index (χ3v) is 4.84. The van der Waals surface area contributed by atoms with Crippen molar-refractivity contribution in [3.8, 4) is 0 Å². The number of fused-ring (bicyclic) bond motifs is 1. The van der Waals surface area contributed by atoms with Crippen molar-refractivity contribution in [2.45, 2.75) is 25.4 Å². The van der Waals surface area contributed by atoms with Gasteiger partial charge in [0.25, 0.3) is 0 Å². The number of carbonyl (C=O) groups is 1. The third kappa shape index (κ3) is 3.33. The van der Waals surface area contributed by atoms with Gasteiger partial charge in [-0.1, -0.05) is 54.6 Å². The van der Waals surface area contributed by atoms with E-state index < -0.39 is 0 Å². The zero-order valence-corrected chi connectivity index (χ0v) is 14.1. The highest BCUT2D eigenvalue weighted by molar-refractivity contribution is 5.77. The van der Waals surface area contributed by atoms with E-state index in [-0.39, 0.29) is 11.9 Å². The summed E-state index contributed by atoms with van der Waals surface area (Å²) in [5.74, 6) is 0.204. The number of carbonyl (C=O) groups excluding carboxylic acids is 1. The van der Waals surface area contributed by atoms with Gasteiger partial charge in [-0.25, -0.2) is 0 Å². The van der Waals surface area contributed by atoms with Crippen LogP contribution in [0.1, 0.15) is 29.2 Å². The minimum absolute atomic E-state index is 0.0839. The van der Waals surface area contributed by atoms with Crippen molar-refractivity contribution in [2.24, 2.45) is 0 Å². The van der Waals surface area contributed by atoms with Crippen LogP contribution in [0.4, 0.5) is 0 Å². The first kappa shape index (κ1) is 15.6. The molecule has 0 aliphatic carbocycles. The van der Waals surface area contributed by atoms with Gasteiger partial charge in [0.15, 0.2) is 0 Å². The van der Waals surface area contributed by atoms with Crippen LogP contribution in [0.5, 0.6) is 0 Å². The van der Waals surface area contributed by atoms with E-state index in [0.717, 1.165) is 6.42 Å². The van der Waals surface area contributed by atoms with Crippen LogP contribution < -0.4 is 0 Å². The number of rotatable bonds is 4. The van der Waals surface area contributed by atoms with Crippen molar-refractivity contribution < 1.29 is 4.79 Å². The summed E-state index contributed by atoms with van der Waals surface area (Å²) in [7, 11) is 0. The Morgan fingerprint density at radius 3 is 2.64 bits per heavy atom. The summed E-state index contributed by atoms with van der Waals surface area (Å²) in [5.41, 5.74) is 3.68. The Morgan fingerprint density at radius 1 is 1.04 bits per heavy atom. The van der Waals surface area contributed by atoms with E-state index in [9.17, 15) is 4.79 Å². The van der Waals surface area contributed by atoms with Crippen molar-refractivity contribution in [1.82, 2.24) is 14.7 Å². The third-order valence-electron chi connectivity index (χ3n) is 4.84. The molecule has 0 fully saturated rings. The standard InChI is InChI=1S/C21H21N3O/c25-21(12-11-17-7-2-1-3-8-17)23-15-18-9-4-5-10-19(18)20(16-23)24-14-6-13-22-24/h1-10,13-14,20H,11-12,15-16H2/t20-/m1/s1. The highest BCUT2D eigenvalue weighted by Gasteiger charge is 2.29. The van der Waals surface area contributed by atoms with Gasteiger partial charge in [-0.05, 0) is 29.2 Å². The first-order valence-corrected chi connectivity index (χ1v) is 8.70. The Morgan fingerprint density at radius 2 is 1.84 bits per heavy atom. The molecule has 126 valence electrons. The van der Waals surface area contributed by atoms with Gasteiger partial charge in [-0.2, -0.15) is 5.10 Å². The summed E-state index contributed by atoms with van der Waals surface area (Å²) in [5, 5.41) is 4.40. The van der Waals surface area contributed by atoms with E-state index in [1.54, 1.807) is 6.20 Å². The second-order valence-corrected chi connectivity index (χ2v) is 6.46. The number of hydrogen-bond acceptors (Lipinski definition) is 2. The predicted octanol–water partition coefficient (Wildman–Crippen LogP) is 3.45. The first-order valence-electron chi connectivity index (χ1n) is 8.70. The summed E-state index contributed by atoms with van der Waals surface area (Å²) in [6.07, 6.45) is 5.08. The van der Waals surface area contributed by atoms with E-state index in [1.165, 1.54) is 16.7 Å². The van der Waals surface area contributed by atoms with Crippen LogP contribution in [0.15, 0.2) is 73.1 Å². The molecule has 0 radical (unpaired) electrons. The Bertz CT molecular complexity index is 843. The highest BCUT2D eigenvalue weighted by Crippen LogP contribution is 2.29. The van der Waals surface area contributed by atoms with E-state index in [1.807, 2.05) is 46.1 Å². The van der Waals surface area contributed by atoms with Crippen LogP contribution >= 0.6 is 0 Å². The lowest BCUT2D eigenvalue weighted by atomic mass is 9.95. The van der Waals surface area contributed by atoms with Crippen molar-refractivity contribution in [2.75, 3.05) is 6.54 Å². The molecule has 1 atom stereocenters. The van der Waals surface area contributed by atoms with Crippen LogP contribution in [0.3, 0.4) is 0 Å². The first-order chi connectivity index (χ1) is 12.3. The largest absolute Gasteiger partial charge is 0.336 e. The highest BCUT2D eigenvalue weighted by atomic mass is 16.2. The molecule has 2 aromatic carbocycles. The van der Waals surface area contributed by atoms with Gasteiger partial charge < -0.3 is 4.90 Å². The Hall–Kier alpha value is -2.88. The quantitative estimate of drug-likeness (QED) is 0.734. The number of aromatic nitrogens is 2. The molecule has 25 heavy (non-hydrogen) atoms. The van der Waals surface area contributed by atoms with Gasteiger partial charge >= 0.3 is 0 Å². The molecule has 2 heterocycles. The molecule has 1 aromatic heterocycles. The SMILES string of the molecule is O=C(CCc1ccccc1)N1Cc2ccccc2[C@H](n2cccn2)C1. The van der Waals surface area contributed by atoms with Gasteiger partial charge in [0.1, 0.15) is 0 Å². The minimum atomic E-state index is 0.0839. The zero-order chi connectivity index (χ0) is 17.1. The van der Waals surface area contributed by atoms with Gasteiger partial charge in [-0.3, -0.25) is 9.48 Å². The lowest BCUT2D eigenvalue weighted by Crippen LogP contribution is -2.40. The number of benzene rings is 2. The Kier molecular flexibility index (Phi) is 4.34. The summed E-state index contributed by atoms with van der Waals surface area (Å²) in [6, 6.07) is 20.6. The Balaban J connectivity index is 1.52.